The van der Waals surface area contributed by atoms with E-state index in [2.05, 4.69) is 10.6 Å². The molecule has 0 atom stereocenters. The van der Waals surface area contributed by atoms with Gasteiger partial charge in [0.25, 0.3) is 0 Å². The second-order valence-electron chi connectivity index (χ2n) is 4.00. The monoisotopic (exact) mass is 300 g/mol. The van der Waals surface area contributed by atoms with E-state index in [-0.39, 0.29) is 23.6 Å². The van der Waals surface area contributed by atoms with Crippen LogP contribution in [0.5, 0.6) is 0 Å². The fraction of sp³-hybridized carbons (Fsp3) is 0.333. The van der Waals surface area contributed by atoms with Crippen LogP contribution in [-0.4, -0.2) is 43.6 Å². The van der Waals surface area contributed by atoms with Gasteiger partial charge < -0.3 is 15.7 Å². The van der Waals surface area contributed by atoms with E-state index < -0.39 is 21.8 Å². The Hall–Kier alpha value is -2.09. The number of hydrogen-bond donors (Lipinski definition) is 3. The van der Waals surface area contributed by atoms with E-state index in [1.54, 1.807) is 0 Å². The normalized spacial score (nSPS) is 10.8. The maximum absolute atomic E-state index is 11.5. The number of anilines is 1. The Balaban J connectivity index is 2.51. The van der Waals surface area contributed by atoms with Crippen LogP contribution in [0.25, 0.3) is 0 Å². The third-order valence-electron chi connectivity index (χ3n) is 2.51. The molecule has 0 saturated carbocycles. The van der Waals surface area contributed by atoms with Gasteiger partial charge in [-0.05, 0) is 18.2 Å². The molecule has 0 saturated heterocycles. The number of benzene rings is 1. The Labute approximate surface area is 116 Å². The van der Waals surface area contributed by atoms with Crippen molar-refractivity contribution in [2.24, 2.45) is 0 Å². The van der Waals surface area contributed by atoms with Crippen molar-refractivity contribution in [3.05, 3.63) is 29.8 Å². The van der Waals surface area contributed by atoms with E-state index in [9.17, 15) is 18.0 Å². The van der Waals surface area contributed by atoms with Gasteiger partial charge in [0.05, 0.1) is 11.3 Å². The number of carboxylic acid groups (broad SMARTS) is 1. The summed E-state index contributed by atoms with van der Waals surface area (Å²) >= 11 is 0. The van der Waals surface area contributed by atoms with Gasteiger partial charge in [-0.2, -0.15) is 0 Å². The molecule has 2 amide bonds. The van der Waals surface area contributed by atoms with Crippen molar-refractivity contribution >= 4 is 27.5 Å². The lowest BCUT2D eigenvalue weighted by atomic mass is 10.2. The summed E-state index contributed by atoms with van der Waals surface area (Å²) in [6, 6.07) is 5.16. The average molecular weight is 300 g/mol. The summed E-state index contributed by atoms with van der Waals surface area (Å²) in [6.45, 7) is 1.54. The fourth-order valence-electron chi connectivity index (χ4n) is 1.37. The third-order valence-corrected chi connectivity index (χ3v) is 4.21. The second kappa shape index (κ2) is 6.90. The Kier molecular flexibility index (Phi) is 5.51. The van der Waals surface area contributed by atoms with Crippen molar-refractivity contribution < 1.29 is 23.1 Å². The summed E-state index contributed by atoms with van der Waals surface area (Å²) in [4.78, 5) is 22.3. The molecular formula is C12H16N2O5S. The molecule has 0 spiro atoms. The van der Waals surface area contributed by atoms with Crippen LogP contribution in [0.2, 0.25) is 0 Å². The van der Waals surface area contributed by atoms with Crippen LogP contribution in [0.4, 0.5) is 10.5 Å². The Morgan fingerprint density at radius 2 is 2.00 bits per heavy atom. The molecule has 3 N–H and O–H groups in total. The van der Waals surface area contributed by atoms with Crippen LogP contribution in [0.3, 0.4) is 0 Å². The van der Waals surface area contributed by atoms with Crippen LogP contribution < -0.4 is 10.6 Å². The highest BCUT2D eigenvalue weighted by Crippen LogP contribution is 2.10. The van der Waals surface area contributed by atoms with Crippen molar-refractivity contribution in [3.63, 3.8) is 0 Å². The zero-order valence-corrected chi connectivity index (χ0v) is 11.7. The minimum absolute atomic E-state index is 0.000623. The Bertz CT molecular complexity index is 598. The number of nitrogens with one attached hydrogen (secondary N) is 2. The summed E-state index contributed by atoms with van der Waals surface area (Å²) in [5.74, 6) is -1.20. The fourth-order valence-corrected chi connectivity index (χ4v) is 2.07. The average Bonchev–Trinajstić information content (AvgIpc) is 2.38. The topological polar surface area (TPSA) is 113 Å². The maximum Gasteiger partial charge on any atom is 0.335 e. The Morgan fingerprint density at radius 1 is 1.30 bits per heavy atom. The highest BCUT2D eigenvalue weighted by Gasteiger charge is 2.09. The largest absolute Gasteiger partial charge is 0.478 e. The molecule has 0 fully saturated rings. The zero-order chi connectivity index (χ0) is 15.2. The van der Waals surface area contributed by atoms with E-state index in [4.69, 9.17) is 5.11 Å². The molecule has 8 heteroatoms. The molecule has 0 aliphatic heterocycles. The van der Waals surface area contributed by atoms with Crippen LogP contribution in [0.1, 0.15) is 17.3 Å². The molecule has 20 heavy (non-hydrogen) atoms. The molecule has 0 aliphatic rings. The summed E-state index contributed by atoms with van der Waals surface area (Å²) in [5, 5.41) is 13.6. The van der Waals surface area contributed by atoms with Gasteiger partial charge >= 0.3 is 12.0 Å². The SMILES string of the molecule is CCS(=O)(=O)CCNC(=O)Nc1cccc(C(=O)O)c1. The van der Waals surface area contributed by atoms with Gasteiger partial charge in [-0.25, -0.2) is 18.0 Å². The smallest absolute Gasteiger partial charge is 0.335 e. The van der Waals surface area contributed by atoms with Crippen molar-refractivity contribution in [1.82, 2.24) is 5.32 Å². The quantitative estimate of drug-likeness (QED) is 0.723. The number of aromatic carboxylic acids is 1. The number of carbonyl (C=O) groups excluding carboxylic acids is 1. The molecule has 0 aromatic heterocycles. The van der Waals surface area contributed by atoms with Crippen molar-refractivity contribution in [2.75, 3.05) is 23.4 Å². The number of sulfone groups is 1. The highest BCUT2D eigenvalue weighted by atomic mass is 32.2. The first kappa shape index (κ1) is 16.0. The summed E-state index contributed by atoms with van der Waals surface area (Å²) < 4.78 is 22.4. The predicted octanol–water partition coefficient (Wildman–Crippen LogP) is 0.941. The van der Waals surface area contributed by atoms with Crippen molar-refractivity contribution in [1.29, 1.82) is 0 Å². The van der Waals surface area contributed by atoms with E-state index in [1.807, 2.05) is 0 Å². The van der Waals surface area contributed by atoms with E-state index >= 15 is 0 Å². The molecule has 110 valence electrons. The predicted molar refractivity (Wildman–Crippen MR) is 74.8 cm³/mol. The molecule has 7 nitrogen and oxygen atoms in total. The number of rotatable bonds is 6. The van der Waals surface area contributed by atoms with Crippen molar-refractivity contribution in [3.8, 4) is 0 Å². The number of amides is 2. The number of carbonyl (C=O) groups is 2. The molecule has 1 aromatic rings. The molecule has 0 aliphatic carbocycles. The molecule has 1 rings (SSSR count). The van der Waals surface area contributed by atoms with Crippen LogP contribution in [0.15, 0.2) is 24.3 Å². The second-order valence-corrected chi connectivity index (χ2v) is 6.48. The van der Waals surface area contributed by atoms with Gasteiger partial charge in [0.2, 0.25) is 0 Å². The van der Waals surface area contributed by atoms with Gasteiger partial charge in [0, 0.05) is 18.0 Å². The molecule has 0 radical (unpaired) electrons. The van der Waals surface area contributed by atoms with Gasteiger partial charge in [0.1, 0.15) is 0 Å². The number of hydrogen-bond acceptors (Lipinski definition) is 4. The first-order valence-electron chi connectivity index (χ1n) is 5.92. The number of urea groups is 1. The van der Waals surface area contributed by atoms with Gasteiger partial charge in [-0.1, -0.05) is 13.0 Å². The molecule has 1 aromatic carbocycles. The first-order chi connectivity index (χ1) is 9.34. The summed E-state index contributed by atoms with van der Waals surface area (Å²) in [5.41, 5.74) is 0.372. The lowest BCUT2D eigenvalue weighted by Gasteiger charge is -2.08. The molecular weight excluding hydrogens is 284 g/mol. The standard InChI is InChI=1S/C12H16N2O5S/c1-2-20(18,19)7-6-13-12(17)14-10-5-3-4-9(8-10)11(15)16/h3-5,8H,2,6-7H2,1H3,(H,15,16)(H2,13,14,17). The van der Waals surface area contributed by atoms with Gasteiger partial charge in [-0.3, -0.25) is 0 Å². The summed E-state index contributed by atoms with van der Waals surface area (Å²) in [6.07, 6.45) is 0. The lowest BCUT2D eigenvalue weighted by molar-refractivity contribution is 0.0697. The minimum atomic E-state index is -3.13. The van der Waals surface area contributed by atoms with Crippen molar-refractivity contribution in [2.45, 2.75) is 6.92 Å². The molecule has 0 unspecified atom stereocenters. The third kappa shape index (κ3) is 5.27. The Morgan fingerprint density at radius 3 is 2.60 bits per heavy atom. The first-order valence-corrected chi connectivity index (χ1v) is 7.75. The van der Waals surface area contributed by atoms with Crippen LogP contribution in [0, 0.1) is 0 Å². The minimum Gasteiger partial charge on any atom is -0.478 e. The van der Waals surface area contributed by atoms with Gasteiger partial charge in [0.15, 0.2) is 9.84 Å². The zero-order valence-electron chi connectivity index (χ0n) is 10.9. The van der Waals surface area contributed by atoms with Crippen LogP contribution in [-0.2, 0) is 9.84 Å². The summed E-state index contributed by atoms with van der Waals surface area (Å²) in [7, 11) is -3.13. The van der Waals surface area contributed by atoms with Crippen LogP contribution >= 0.6 is 0 Å². The molecule has 0 bridgehead atoms. The van der Waals surface area contributed by atoms with E-state index in [0.717, 1.165) is 0 Å². The maximum atomic E-state index is 11.5. The lowest BCUT2D eigenvalue weighted by Crippen LogP contribution is -2.33. The van der Waals surface area contributed by atoms with E-state index in [1.165, 1.54) is 31.2 Å². The number of carboxylic acids is 1. The van der Waals surface area contributed by atoms with E-state index in [0.29, 0.717) is 5.69 Å². The van der Waals surface area contributed by atoms with Gasteiger partial charge in [-0.15, -0.1) is 0 Å². The molecule has 0 heterocycles. The highest BCUT2D eigenvalue weighted by molar-refractivity contribution is 7.91.